The van der Waals surface area contributed by atoms with Gasteiger partial charge < -0.3 is 4.90 Å². The normalized spacial score (nSPS) is 17.3. The largest absolute Gasteiger partial charge is 0.372 e. The smallest absolute Gasteiger partial charge is 0.217 e. The summed E-state index contributed by atoms with van der Waals surface area (Å²) in [5, 5.41) is 0. The van der Waals surface area contributed by atoms with Crippen molar-refractivity contribution in [3.63, 3.8) is 0 Å². The highest BCUT2D eigenvalue weighted by Gasteiger charge is 2.27. The Morgan fingerprint density at radius 3 is 2.36 bits per heavy atom. The zero-order valence-electron chi connectivity index (χ0n) is 7.80. The molecule has 1 rings (SSSR count). The van der Waals surface area contributed by atoms with Gasteiger partial charge in [-0.3, -0.25) is 9.59 Å². The predicted octanol–water partition coefficient (Wildman–Crippen LogP) is 1.98. The second-order valence-corrected chi connectivity index (χ2v) is 4.45. The van der Waals surface area contributed by atoms with E-state index < -0.39 is 0 Å². The van der Waals surface area contributed by atoms with Gasteiger partial charge >= 0.3 is 0 Å². The third-order valence-corrected chi connectivity index (χ3v) is 4.07. The van der Waals surface area contributed by atoms with Crippen LogP contribution < -0.4 is 0 Å². The van der Waals surface area contributed by atoms with Crippen molar-refractivity contribution >= 4 is 43.4 Å². The van der Waals surface area contributed by atoms with Gasteiger partial charge in [-0.1, -0.05) is 0 Å². The van der Waals surface area contributed by atoms with Crippen LogP contribution in [0.1, 0.15) is 6.92 Å². The van der Waals surface area contributed by atoms with E-state index in [0.29, 0.717) is 16.7 Å². The van der Waals surface area contributed by atoms with Crippen LogP contribution in [0.15, 0.2) is 20.7 Å². The Morgan fingerprint density at radius 1 is 1.29 bits per heavy atom. The van der Waals surface area contributed by atoms with E-state index >= 15 is 0 Å². The molecule has 14 heavy (non-hydrogen) atoms. The van der Waals surface area contributed by atoms with Gasteiger partial charge in [0.2, 0.25) is 5.78 Å². The van der Waals surface area contributed by atoms with Gasteiger partial charge in [-0.05, 0) is 38.8 Å². The maximum absolute atomic E-state index is 11.7. The van der Waals surface area contributed by atoms with E-state index in [4.69, 9.17) is 0 Å². The van der Waals surface area contributed by atoms with Crippen molar-refractivity contribution in [1.29, 1.82) is 0 Å². The fourth-order valence-electron chi connectivity index (χ4n) is 1.03. The van der Waals surface area contributed by atoms with Gasteiger partial charge in [0, 0.05) is 19.7 Å². The molecule has 0 fully saturated rings. The van der Waals surface area contributed by atoms with Crippen molar-refractivity contribution in [3.8, 4) is 0 Å². The van der Waals surface area contributed by atoms with Crippen molar-refractivity contribution in [2.24, 2.45) is 0 Å². The lowest BCUT2D eigenvalue weighted by atomic mass is 10.1. The van der Waals surface area contributed by atoms with Crippen LogP contribution in [0.3, 0.4) is 0 Å². The third kappa shape index (κ3) is 1.98. The minimum Gasteiger partial charge on any atom is -0.372 e. The summed E-state index contributed by atoms with van der Waals surface area (Å²) in [5.74, 6) is -0.354. The molecule has 0 aromatic heterocycles. The van der Waals surface area contributed by atoms with Crippen LogP contribution in [-0.4, -0.2) is 30.1 Å². The molecule has 5 heteroatoms. The summed E-state index contributed by atoms with van der Waals surface area (Å²) < 4.78 is 0.580. The van der Waals surface area contributed by atoms with E-state index in [1.165, 1.54) is 6.08 Å². The number of nitrogens with zero attached hydrogens (tertiary/aromatic N) is 1. The SMILES string of the molecule is CCN(C)C1=CC(=O)C(Br)=C(Br)C1=O. The lowest BCUT2D eigenvalue weighted by Gasteiger charge is -2.21. The number of allylic oxidation sites excluding steroid dienone is 3. The quantitative estimate of drug-likeness (QED) is 0.729. The summed E-state index contributed by atoms with van der Waals surface area (Å²) in [7, 11) is 1.77. The number of carbonyl (C=O) groups excluding carboxylic acids is 2. The molecule has 0 saturated heterocycles. The average Bonchev–Trinajstić information content (AvgIpc) is 2.19. The number of hydrogen-bond acceptors (Lipinski definition) is 3. The van der Waals surface area contributed by atoms with Crippen molar-refractivity contribution in [2.75, 3.05) is 13.6 Å². The summed E-state index contributed by atoms with van der Waals surface area (Å²) in [6.45, 7) is 2.60. The molecule has 0 bridgehead atoms. The molecule has 0 radical (unpaired) electrons. The van der Waals surface area contributed by atoms with Crippen LogP contribution in [0.25, 0.3) is 0 Å². The number of rotatable bonds is 2. The second kappa shape index (κ2) is 4.40. The number of likely N-dealkylation sites (N-methyl/N-ethyl adjacent to an activating group) is 1. The number of Topliss-reactive ketones (excluding diaryl/α,β-unsaturated/α-hetero) is 1. The Bertz CT molecular complexity index is 358. The van der Waals surface area contributed by atoms with Crippen molar-refractivity contribution < 1.29 is 9.59 Å². The highest BCUT2D eigenvalue weighted by atomic mass is 79.9. The predicted molar refractivity (Wildman–Crippen MR) is 61.3 cm³/mol. The molecular formula is C9H9Br2NO2. The van der Waals surface area contributed by atoms with E-state index in [0.717, 1.165) is 0 Å². The van der Waals surface area contributed by atoms with Crippen molar-refractivity contribution in [3.05, 3.63) is 20.7 Å². The summed E-state index contributed by atoms with van der Waals surface area (Å²) in [6, 6.07) is 0. The van der Waals surface area contributed by atoms with Gasteiger partial charge in [0.05, 0.1) is 14.7 Å². The molecule has 0 spiro atoms. The Morgan fingerprint density at radius 2 is 1.86 bits per heavy atom. The first kappa shape index (κ1) is 11.7. The van der Waals surface area contributed by atoms with E-state index in [2.05, 4.69) is 31.9 Å². The highest BCUT2D eigenvalue weighted by molar-refractivity contribution is 9.14. The van der Waals surface area contributed by atoms with Gasteiger partial charge in [0.25, 0.3) is 0 Å². The van der Waals surface area contributed by atoms with Gasteiger partial charge in [0.15, 0.2) is 5.78 Å². The standard InChI is InChI=1S/C9H9Br2NO2/c1-3-12(2)5-4-6(13)7(10)8(11)9(5)14/h4H,3H2,1-2H3. The maximum Gasteiger partial charge on any atom is 0.217 e. The van der Waals surface area contributed by atoms with E-state index in [1.807, 2.05) is 6.92 Å². The van der Waals surface area contributed by atoms with Crippen molar-refractivity contribution in [2.45, 2.75) is 6.92 Å². The minimum atomic E-state index is -0.188. The fraction of sp³-hybridized carbons (Fsp3) is 0.333. The van der Waals surface area contributed by atoms with E-state index in [1.54, 1.807) is 11.9 Å². The van der Waals surface area contributed by atoms with Crippen LogP contribution >= 0.6 is 31.9 Å². The van der Waals surface area contributed by atoms with Gasteiger partial charge in [-0.25, -0.2) is 0 Å². The molecule has 0 saturated carbocycles. The monoisotopic (exact) mass is 321 g/mol. The second-order valence-electron chi connectivity index (χ2n) is 2.87. The number of carbonyl (C=O) groups is 2. The topological polar surface area (TPSA) is 37.4 Å². The molecule has 0 N–H and O–H groups in total. The minimum absolute atomic E-state index is 0.166. The van der Waals surface area contributed by atoms with Crippen LogP contribution in [0.5, 0.6) is 0 Å². The fourth-order valence-corrected chi connectivity index (χ4v) is 1.72. The van der Waals surface area contributed by atoms with Crippen LogP contribution in [-0.2, 0) is 9.59 Å². The molecule has 0 unspecified atom stereocenters. The molecule has 1 aliphatic rings. The molecule has 3 nitrogen and oxygen atoms in total. The lowest BCUT2D eigenvalue weighted by Crippen LogP contribution is -2.27. The first-order valence-electron chi connectivity index (χ1n) is 4.06. The van der Waals surface area contributed by atoms with Gasteiger partial charge in [-0.15, -0.1) is 0 Å². The summed E-state index contributed by atoms with van der Waals surface area (Å²) in [5.41, 5.74) is 0.424. The third-order valence-electron chi connectivity index (χ3n) is 1.99. The number of halogens is 2. The summed E-state index contributed by atoms with van der Waals surface area (Å²) in [6.07, 6.45) is 1.35. The molecule has 1 aliphatic carbocycles. The molecule has 0 aromatic rings. The van der Waals surface area contributed by atoms with Gasteiger partial charge in [0.1, 0.15) is 0 Å². The van der Waals surface area contributed by atoms with E-state index in [9.17, 15) is 9.59 Å². The zero-order chi connectivity index (χ0) is 10.9. The highest BCUT2D eigenvalue weighted by Crippen LogP contribution is 2.28. The van der Waals surface area contributed by atoms with E-state index in [-0.39, 0.29) is 16.0 Å². The lowest BCUT2D eigenvalue weighted by molar-refractivity contribution is -0.115. The Hall–Kier alpha value is -0.420. The molecular weight excluding hydrogens is 314 g/mol. The van der Waals surface area contributed by atoms with Gasteiger partial charge in [-0.2, -0.15) is 0 Å². The molecule has 0 atom stereocenters. The van der Waals surface area contributed by atoms with Crippen LogP contribution in [0.4, 0.5) is 0 Å². The Kier molecular flexibility index (Phi) is 3.66. The number of hydrogen-bond donors (Lipinski definition) is 0. The Balaban J connectivity index is 3.09. The van der Waals surface area contributed by atoms with Crippen molar-refractivity contribution in [1.82, 2.24) is 4.90 Å². The van der Waals surface area contributed by atoms with Crippen LogP contribution in [0, 0.1) is 0 Å². The summed E-state index contributed by atoms with van der Waals surface area (Å²) >= 11 is 6.15. The molecule has 0 aromatic carbocycles. The average molecular weight is 323 g/mol. The molecule has 0 aliphatic heterocycles. The molecule has 0 heterocycles. The summed E-state index contributed by atoms with van der Waals surface area (Å²) in [4.78, 5) is 24.8. The zero-order valence-corrected chi connectivity index (χ0v) is 11.0. The first-order chi connectivity index (χ1) is 6.49. The first-order valence-corrected chi connectivity index (χ1v) is 5.64. The maximum atomic E-state index is 11.7. The molecule has 0 amide bonds. The Labute approximate surface area is 99.1 Å². The van der Waals surface area contributed by atoms with Crippen LogP contribution in [0.2, 0.25) is 0 Å². The number of ketones is 2. The molecule has 76 valence electrons.